The molecule has 27 heavy (non-hydrogen) atoms. The van der Waals surface area contributed by atoms with Crippen LogP contribution >= 0.6 is 11.8 Å². The van der Waals surface area contributed by atoms with Crippen molar-refractivity contribution in [3.8, 4) is 0 Å². The number of carbonyl (C=O) groups excluding carboxylic acids is 1. The number of para-hydroxylation sites is 1. The molecule has 1 saturated carbocycles. The topological polar surface area (TPSA) is 54.9 Å². The van der Waals surface area contributed by atoms with Gasteiger partial charge in [0.25, 0.3) is 0 Å². The van der Waals surface area contributed by atoms with Crippen LogP contribution in [0.25, 0.3) is 10.9 Å². The van der Waals surface area contributed by atoms with Crippen molar-refractivity contribution >= 4 is 34.3 Å². The van der Waals surface area contributed by atoms with Crippen molar-refractivity contribution in [1.29, 1.82) is 0 Å². The van der Waals surface area contributed by atoms with Crippen molar-refractivity contribution in [2.45, 2.75) is 36.0 Å². The van der Waals surface area contributed by atoms with Crippen LogP contribution in [0.4, 0.5) is 14.5 Å². The van der Waals surface area contributed by atoms with Crippen molar-refractivity contribution in [3.63, 3.8) is 0 Å². The smallest absolute Gasteiger partial charge is 0.237 e. The average Bonchev–Trinajstić information content (AvgIpc) is 3.49. The molecule has 2 aromatic carbocycles. The molecule has 7 heteroatoms. The fourth-order valence-corrected chi connectivity index (χ4v) is 3.67. The van der Waals surface area contributed by atoms with Crippen LogP contribution in [-0.4, -0.2) is 21.1 Å². The van der Waals surface area contributed by atoms with Gasteiger partial charge in [0.1, 0.15) is 22.5 Å². The van der Waals surface area contributed by atoms with Gasteiger partial charge in [-0.15, -0.1) is 0 Å². The molecular formula is C20H17F2N3OS. The zero-order chi connectivity index (χ0) is 19.0. The molecule has 1 fully saturated rings. The summed E-state index contributed by atoms with van der Waals surface area (Å²) in [7, 11) is 0. The molecule has 0 bridgehead atoms. The Hall–Kier alpha value is -2.54. The van der Waals surface area contributed by atoms with Crippen LogP contribution in [-0.2, 0) is 4.79 Å². The predicted molar refractivity (Wildman–Crippen MR) is 102 cm³/mol. The van der Waals surface area contributed by atoms with E-state index in [0.29, 0.717) is 5.92 Å². The standard InChI is InChI=1S/C20H17F2N3OS/c1-11(19(26)24-17-9-8-13(21)10-15(17)22)27-20-14-4-2-3-5-16(14)23-18(25-20)12-6-7-12/h2-5,8-12H,6-7H2,1H3,(H,24,26). The predicted octanol–water partition coefficient (Wildman–Crippen LogP) is 4.90. The Morgan fingerprint density at radius 3 is 2.70 bits per heavy atom. The highest BCUT2D eigenvalue weighted by molar-refractivity contribution is 8.00. The van der Waals surface area contributed by atoms with E-state index < -0.39 is 16.9 Å². The molecule has 4 rings (SSSR count). The van der Waals surface area contributed by atoms with Gasteiger partial charge < -0.3 is 5.32 Å². The lowest BCUT2D eigenvalue weighted by atomic mass is 10.2. The minimum atomic E-state index is -0.802. The minimum absolute atomic E-state index is 0.0416. The molecule has 1 unspecified atom stereocenters. The maximum atomic E-state index is 13.8. The number of nitrogens with zero attached hydrogens (tertiary/aromatic N) is 2. The second-order valence-electron chi connectivity index (χ2n) is 6.55. The molecule has 0 aliphatic heterocycles. The molecule has 1 aliphatic carbocycles. The number of nitrogens with one attached hydrogen (secondary N) is 1. The third kappa shape index (κ3) is 3.93. The number of carbonyl (C=O) groups is 1. The van der Waals surface area contributed by atoms with Crippen molar-refractivity contribution in [2.75, 3.05) is 5.32 Å². The second kappa shape index (κ2) is 7.23. The van der Waals surface area contributed by atoms with Crippen molar-refractivity contribution in [1.82, 2.24) is 9.97 Å². The lowest BCUT2D eigenvalue weighted by molar-refractivity contribution is -0.115. The van der Waals surface area contributed by atoms with E-state index in [0.717, 1.165) is 46.7 Å². The molecule has 0 radical (unpaired) electrons. The third-order valence-corrected chi connectivity index (χ3v) is 5.48. The maximum Gasteiger partial charge on any atom is 0.237 e. The fraction of sp³-hybridized carbons (Fsp3) is 0.250. The third-order valence-electron chi connectivity index (χ3n) is 4.37. The zero-order valence-electron chi connectivity index (χ0n) is 14.6. The number of hydrogen-bond acceptors (Lipinski definition) is 4. The van der Waals surface area contributed by atoms with Crippen LogP contribution < -0.4 is 5.32 Å². The van der Waals surface area contributed by atoms with Gasteiger partial charge in [0.15, 0.2) is 0 Å². The van der Waals surface area contributed by atoms with E-state index in [4.69, 9.17) is 0 Å². The highest BCUT2D eigenvalue weighted by Crippen LogP contribution is 2.40. The van der Waals surface area contributed by atoms with Gasteiger partial charge in [-0.25, -0.2) is 18.7 Å². The molecule has 0 spiro atoms. The molecule has 1 atom stereocenters. The summed E-state index contributed by atoms with van der Waals surface area (Å²) in [6.07, 6.45) is 2.17. The van der Waals surface area contributed by atoms with E-state index in [1.807, 2.05) is 24.3 Å². The van der Waals surface area contributed by atoms with Gasteiger partial charge in [-0.2, -0.15) is 0 Å². The van der Waals surface area contributed by atoms with Gasteiger partial charge in [-0.05, 0) is 38.0 Å². The highest BCUT2D eigenvalue weighted by Gasteiger charge is 2.28. The Kier molecular flexibility index (Phi) is 4.78. The molecular weight excluding hydrogens is 368 g/mol. The fourth-order valence-electron chi connectivity index (χ4n) is 2.72. The van der Waals surface area contributed by atoms with Gasteiger partial charge in [0.05, 0.1) is 16.5 Å². The maximum absolute atomic E-state index is 13.8. The number of fused-ring (bicyclic) bond motifs is 1. The average molecular weight is 385 g/mol. The van der Waals surface area contributed by atoms with E-state index in [1.54, 1.807) is 6.92 Å². The van der Waals surface area contributed by atoms with Crippen LogP contribution in [0.3, 0.4) is 0 Å². The summed E-state index contributed by atoms with van der Waals surface area (Å²) in [5, 5.41) is 3.63. The number of hydrogen-bond donors (Lipinski definition) is 1. The first-order valence-corrected chi connectivity index (χ1v) is 9.58. The first-order valence-electron chi connectivity index (χ1n) is 8.70. The van der Waals surface area contributed by atoms with Gasteiger partial charge in [0.2, 0.25) is 5.91 Å². The van der Waals surface area contributed by atoms with Crippen LogP contribution in [0.15, 0.2) is 47.5 Å². The number of benzene rings is 2. The number of anilines is 1. The number of thioether (sulfide) groups is 1. The first kappa shape index (κ1) is 17.9. The van der Waals surface area contributed by atoms with Crippen molar-refractivity contribution in [3.05, 3.63) is 59.9 Å². The lowest BCUT2D eigenvalue weighted by Crippen LogP contribution is -2.23. The first-order chi connectivity index (χ1) is 13.0. The Labute approximate surface area is 159 Å². The molecule has 1 aromatic heterocycles. The molecule has 4 nitrogen and oxygen atoms in total. The number of halogens is 2. The summed E-state index contributed by atoms with van der Waals surface area (Å²) in [5.74, 6) is -0.655. The summed E-state index contributed by atoms with van der Waals surface area (Å²) >= 11 is 1.31. The van der Waals surface area contributed by atoms with Gasteiger partial charge in [-0.1, -0.05) is 30.0 Å². The van der Waals surface area contributed by atoms with Gasteiger partial charge in [-0.3, -0.25) is 4.79 Å². The summed E-state index contributed by atoms with van der Waals surface area (Å²) < 4.78 is 26.8. The largest absolute Gasteiger partial charge is 0.323 e. The van der Waals surface area contributed by atoms with Crippen LogP contribution in [0.2, 0.25) is 0 Å². The van der Waals surface area contributed by atoms with Gasteiger partial charge >= 0.3 is 0 Å². The molecule has 138 valence electrons. The van der Waals surface area contributed by atoms with E-state index >= 15 is 0 Å². The van der Waals surface area contributed by atoms with E-state index in [2.05, 4.69) is 15.3 Å². The van der Waals surface area contributed by atoms with Crippen molar-refractivity contribution in [2.24, 2.45) is 0 Å². The number of amides is 1. The van der Waals surface area contributed by atoms with Crippen LogP contribution in [0.1, 0.15) is 31.5 Å². The van der Waals surface area contributed by atoms with Gasteiger partial charge in [0, 0.05) is 17.4 Å². The number of aromatic nitrogens is 2. The molecule has 3 aromatic rings. The summed E-state index contributed by atoms with van der Waals surface area (Å²) in [6, 6.07) is 10.8. The molecule has 1 amide bonds. The summed E-state index contributed by atoms with van der Waals surface area (Å²) in [6.45, 7) is 1.73. The van der Waals surface area contributed by atoms with E-state index in [-0.39, 0.29) is 11.6 Å². The normalized spacial score (nSPS) is 14.9. The Balaban J connectivity index is 1.56. The van der Waals surface area contributed by atoms with Crippen molar-refractivity contribution < 1.29 is 13.6 Å². The Morgan fingerprint density at radius 2 is 1.96 bits per heavy atom. The van der Waals surface area contributed by atoms with Crippen LogP contribution in [0, 0.1) is 11.6 Å². The summed E-state index contributed by atoms with van der Waals surface area (Å²) in [5.41, 5.74) is 0.814. The van der Waals surface area contributed by atoms with E-state index in [9.17, 15) is 13.6 Å². The second-order valence-corrected chi connectivity index (χ2v) is 7.88. The lowest BCUT2D eigenvalue weighted by Gasteiger charge is -2.14. The zero-order valence-corrected chi connectivity index (χ0v) is 15.4. The monoisotopic (exact) mass is 385 g/mol. The molecule has 0 saturated heterocycles. The highest BCUT2D eigenvalue weighted by atomic mass is 32.2. The summed E-state index contributed by atoms with van der Waals surface area (Å²) in [4.78, 5) is 21.8. The SMILES string of the molecule is CC(Sc1nc(C2CC2)nc2ccccc12)C(=O)Nc1ccc(F)cc1F. The molecule has 1 aliphatic rings. The quantitative estimate of drug-likeness (QED) is 0.501. The Bertz CT molecular complexity index is 1020. The van der Waals surface area contributed by atoms with E-state index in [1.165, 1.54) is 17.8 Å². The molecule has 1 N–H and O–H groups in total. The number of rotatable bonds is 5. The van der Waals surface area contributed by atoms with Crippen LogP contribution in [0.5, 0.6) is 0 Å². The Morgan fingerprint density at radius 1 is 1.19 bits per heavy atom. The molecule has 1 heterocycles. The minimum Gasteiger partial charge on any atom is -0.323 e.